The van der Waals surface area contributed by atoms with Gasteiger partial charge in [-0.15, -0.1) is 11.6 Å². The smallest absolute Gasteiger partial charge is 0.273 e. The number of non-ortho nitro benzene ring substituents is 1. The van der Waals surface area contributed by atoms with Gasteiger partial charge in [0, 0.05) is 23.0 Å². The Morgan fingerprint density at radius 3 is 2.65 bits per heavy atom. The molecule has 7 heteroatoms. The average molecular weight is 303 g/mol. The molecule has 1 rings (SSSR count). The third-order valence-corrected chi connectivity index (χ3v) is 3.39. The Bertz CT molecular complexity index is 524. The first-order chi connectivity index (χ1) is 9.31. The lowest BCUT2D eigenvalue weighted by Crippen LogP contribution is -2.45. The van der Waals surface area contributed by atoms with Crippen molar-refractivity contribution in [2.24, 2.45) is 0 Å². The van der Waals surface area contributed by atoms with Crippen LogP contribution in [0.25, 0.3) is 0 Å². The number of hydrogen-bond acceptors (Lipinski definition) is 3. The van der Waals surface area contributed by atoms with E-state index in [1.54, 1.807) is 0 Å². The Labute approximate surface area is 121 Å². The van der Waals surface area contributed by atoms with Gasteiger partial charge < -0.3 is 5.32 Å². The summed E-state index contributed by atoms with van der Waals surface area (Å²) in [6, 6.07) is 2.79. The standard InChI is InChI=1S/C13H16ClFN2O3/c1-3-13(2,4-5-14)16-12(18)9-6-10(15)8-11(7-9)17(19)20/h6-8H,3-5H2,1-2H3,(H,16,18). The van der Waals surface area contributed by atoms with Crippen molar-refractivity contribution in [3.8, 4) is 0 Å². The predicted molar refractivity (Wildman–Crippen MR) is 74.6 cm³/mol. The summed E-state index contributed by atoms with van der Waals surface area (Å²) < 4.78 is 13.3. The van der Waals surface area contributed by atoms with Gasteiger partial charge in [0.1, 0.15) is 5.82 Å². The second-order valence-electron chi connectivity index (χ2n) is 4.76. The summed E-state index contributed by atoms with van der Waals surface area (Å²) in [6.45, 7) is 3.71. The Hall–Kier alpha value is -1.69. The van der Waals surface area contributed by atoms with Gasteiger partial charge in [-0.1, -0.05) is 6.92 Å². The molecule has 0 bridgehead atoms. The van der Waals surface area contributed by atoms with Gasteiger partial charge in [0.25, 0.3) is 11.6 Å². The van der Waals surface area contributed by atoms with E-state index in [1.165, 1.54) is 0 Å². The molecule has 1 aromatic carbocycles. The van der Waals surface area contributed by atoms with E-state index in [0.29, 0.717) is 18.7 Å². The summed E-state index contributed by atoms with van der Waals surface area (Å²) in [6.07, 6.45) is 1.19. The molecule has 0 aromatic heterocycles. The second-order valence-corrected chi connectivity index (χ2v) is 5.14. The number of alkyl halides is 1. The fourth-order valence-corrected chi connectivity index (χ4v) is 2.11. The SMILES string of the molecule is CCC(C)(CCCl)NC(=O)c1cc(F)cc([N+](=O)[O-])c1. The van der Waals surface area contributed by atoms with E-state index in [-0.39, 0.29) is 5.56 Å². The molecule has 1 amide bonds. The van der Waals surface area contributed by atoms with Crippen molar-refractivity contribution in [3.05, 3.63) is 39.7 Å². The van der Waals surface area contributed by atoms with Gasteiger partial charge in [-0.2, -0.15) is 0 Å². The van der Waals surface area contributed by atoms with Crippen molar-refractivity contribution >= 4 is 23.2 Å². The molecule has 0 aliphatic rings. The number of benzene rings is 1. The van der Waals surface area contributed by atoms with Gasteiger partial charge in [-0.25, -0.2) is 4.39 Å². The highest BCUT2D eigenvalue weighted by Gasteiger charge is 2.25. The zero-order chi connectivity index (χ0) is 15.3. The minimum Gasteiger partial charge on any atom is -0.347 e. The average Bonchev–Trinajstić information content (AvgIpc) is 2.38. The van der Waals surface area contributed by atoms with Crippen LogP contribution >= 0.6 is 11.6 Å². The number of rotatable bonds is 6. The Balaban J connectivity index is 3.00. The van der Waals surface area contributed by atoms with Gasteiger partial charge >= 0.3 is 0 Å². The van der Waals surface area contributed by atoms with Gasteiger partial charge in [0.2, 0.25) is 0 Å². The molecule has 0 radical (unpaired) electrons. The van der Waals surface area contributed by atoms with Crippen LogP contribution in [0.3, 0.4) is 0 Å². The summed E-state index contributed by atoms with van der Waals surface area (Å²) in [5, 5.41) is 13.4. The van der Waals surface area contributed by atoms with Gasteiger partial charge in [-0.05, 0) is 25.8 Å². The highest BCUT2D eigenvalue weighted by atomic mass is 35.5. The molecule has 0 aliphatic heterocycles. The summed E-state index contributed by atoms with van der Waals surface area (Å²) in [5.41, 5.74) is -1.06. The molecular formula is C13H16ClFN2O3. The van der Waals surface area contributed by atoms with E-state index in [9.17, 15) is 19.3 Å². The van der Waals surface area contributed by atoms with Crippen molar-refractivity contribution in [2.45, 2.75) is 32.2 Å². The van der Waals surface area contributed by atoms with E-state index in [0.717, 1.165) is 18.2 Å². The highest BCUT2D eigenvalue weighted by Crippen LogP contribution is 2.19. The van der Waals surface area contributed by atoms with E-state index in [2.05, 4.69) is 5.32 Å². The molecule has 0 saturated carbocycles. The van der Waals surface area contributed by atoms with Crippen molar-refractivity contribution < 1.29 is 14.1 Å². The molecule has 0 aliphatic carbocycles. The van der Waals surface area contributed by atoms with Crippen molar-refractivity contribution in [2.75, 3.05) is 5.88 Å². The van der Waals surface area contributed by atoms with Crippen LogP contribution < -0.4 is 5.32 Å². The number of carbonyl (C=O) groups is 1. The third kappa shape index (κ3) is 4.16. The van der Waals surface area contributed by atoms with E-state index >= 15 is 0 Å². The molecule has 1 atom stereocenters. The molecule has 110 valence electrons. The lowest BCUT2D eigenvalue weighted by Gasteiger charge is -2.29. The van der Waals surface area contributed by atoms with Gasteiger partial charge in [0.15, 0.2) is 0 Å². The number of nitrogens with zero attached hydrogens (tertiary/aromatic N) is 1. The first kappa shape index (κ1) is 16.4. The number of halogens is 2. The molecule has 5 nitrogen and oxygen atoms in total. The number of nitrogens with one attached hydrogen (secondary N) is 1. The van der Waals surface area contributed by atoms with Crippen LogP contribution in [0.5, 0.6) is 0 Å². The highest BCUT2D eigenvalue weighted by molar-refractivity contribution is 6.17. The molecule has 0 saturated heterocycles. The van der Waals surface area contributed by atoms with Crippen molar-refractivity contribution in [3.63, 3.8) is 0 Å². The summed E-state index contributed by atoms with van der Waals surface area (Å²) in [7, 11) is 0. The number of amides is 1. The number of carbonyl (C=O) groups excluding carboxylic acids is 1. The molecule has 0 fully saturated rings. The quantitative estimate of drug-likeness (QED) is 0.498. The zero-order valence-corrected chi connectivity index (χ0v) is 12.0. The van der Waals surface area contributed by atoms with Crippen molar-refractivity contribution in [1.29, 1.82) is 0 Å². The zero-order valence-electron chi connectivity index (χ0n) is 11.3. The summed E-state index contributed by atoms with van der Waals surface area (Å²) in [4.78, 5) is 22.0. The van der Waals surface area contributed by atoms with Crippen LogP contribution in [0, 0.1) is 15.9 Å². The number of hydrogen-bond donors (Lipinski definition) is 1. The minimum atomic E-state index is -0.820. The molecule has 1 aromatic rings. The summed E-state index contributed by atoms with van der Waals surface area (Å²) in [5.74, 6) is -1.00. The third-order valence-electron chi connectivity index (χ3n) is 3.20. The number of nitro groups is 1. The second kappa shape index (κ2) is 6.65. The fourth-order valence-electron chi connectivity index (χ4n) is 1.69. The molecule has 0 spiro atoms. The molecular weight excluding hydrogens is 287 g/mol. The van der Waals surface area contributed by atoms with Crippen molar-refractivity contribution in [1.82, 2.24) is 5.32 Å². The fraction of sp³-hybridized carbons (Fsp3) is 0.462. The predicted octanol–water partition coefficient (Wildman–Crippen LogP) is 3.26. The lowest BCUT2D eigenvalue weighted by molar-refractivity contribution is -0.385. The largest absolute Gasteiger partial charge is 0.347 e. The normalized spacial score (nSPS) is 13.6. The maximum atomic E-state index is 13.3. The van der Waals surface area contributed by atoms with Crippen LogP contribution in [0.2, 0.25) is 0 Å². The van der Waals surface area contributed by atoms with Crippen LogP contribution in [0.15, 0.2) is 18.2 Å². The number of nitro benzene ring substituents is 1. The summed E-state index contributed by atoms with van der Waals surface area (Å²) >= 11 is 5.69. The Kier molecular flexibility index (Phi) is 5.44. The first-order valence-electron chi connectivity index (χ1n) is 6.15. The minimum absolute atomic E-state index is 0.0778. The molecule has 1 N–H and O–H groups in total. The Morgan fingerprint density at radius 2 is 2.15 bits per heavy atom. The van der Waals surface area contributed by atoms with E-state index in [4.69, 9.17) is 11.6 Å². The van der Waals surface area contributed by atoms with Gasteiger partial charge in [0.05, 0.1) is 11.0 Å². The van der Waals surface area contributed by atoms with Crippen LogP contribution in [-0.2, 0) is 0 Å². The van der Waals surface area contributed by atoms with Crippen LogP contribution in [0.1, 0.15) is 37.0 Å². The van der Waals surface area contributed by atoms with Gasteiger partial charge in [-0.3, -0.25) is 14.9 Å². The van der Waals surface area contributed by atoms with Crippen LogP contribution in [-0.4, -0.2) is 22.2 Å². The molecule has 20 heavy (non-hydrogen) atoms. The maximum absolute atomic E-state index is 13.3. The van der Waals surface area contributed by atoms with E-state index < -0.39 is 27.9 Å². The lowest BCUT2D eigenvalue weighted by atomic mass is 9.95. The van der Waals surface area contributed by atoms with E-state index in [1.807, 2.05) is 13.8 Å². The monoisotopic (exact) mass is 302 g/mol. The van der Waals surface area contributed by atoms with Crippen LogP contribution in [0.4, 0.5) is 10.1 Å². The first-order valence-corrected chi connectivity index (χ1v) is 6.68. The maximum Gasteiger partial charge on any atom is 0.273 e. The molecule has 1 unspecified atom stereocenters. The Morgan fingerprint density at radius 1 is 1.50 bits per heavy atom. The molecule has 0 heterocycles. The topological polar surface area (TPSA) is 72.2 Å².